The van der Waals surface area contributed by atoms with Crippen molar-refractivity contribution >= 4 is 23.5 Å². The van der Waals surface area contributed by atoms with Crippen LogP contribution in [0.15, 0.2) is 48.5 Å². The van der Waals surface area contributed by atoms with Crippen LogP contribution in [0.5, 0.6) is 11.5 Å². The Balaban J connectivity index is 1.51. The number of hydrogen-bond donors (Lipinski definition) is 2. The average Bonchev–Trinajstić information content (AvgIpc) is 3.01. The van der Waals surface area contributed by atoms with Crippen LogP contribution in [-0.4, -0.2) is 44.7 Å². The van der Waals surface area contributed by atoms with Crippen LogP contribution in [0.1, 0.15) is 12.0 Å². The Labute approximate surface area is 168 Å². The number of hydrogen-bond acceptors (Lipinski definition) is 5. The molecule has 8 heteroatoms. The molecule has 0 radical (unpaired) electrons. The highest BCUT2D eigenvalue weighted by Crippen LogP contribution is 2.23. The topological polar surface area (TPSA) is 97.0 Å². The maximum Gasteiger partial charge on any atom is 0.329 e. The Hall–Kier alpha value is -3.55. The second kappa shape index (κ2) is 9.09. The Bertz CT molecular complexity index is 880. The number of ether oxygens (including phenoxy) is 2. The van der Waals surface area contributed by atoms with E-state index in [2.05, 4.69) is 10.6 Å². The lowest BCUT2D eigenvalue weighted by Crippen LogP contribution is -2.37. The molecule has 2 aromatic carbocycles. The maximum atomic E-state index is 12.6. The standard InChI is InChI=1S/C21H23N3O5/c1-28-16-7-3-14(4-8-16)11-12-22-19(25)13-18-20(26)24(21(27)23-18)15-5-9-17(29-2)10-6-15/h3-10,18H,11-13H2,1-2H3,(H,22,25)(H,23,27). The van der Waals surface area contributed by atoms with Gasteiger partial charge in [-0.05, 0) is 48.4 Å². The first-order chi connectivity index (χ1) is 14.0. The quantitative estimate of drug-likeness (QED) is 0.663. The van der Waals surface area contributed by atoms with E-state index >= 15 is 0 Å². The molecule has 29 heavy (non-hydrogen) atoms. The molecular formula is C21H23N3O5. The summed E-state index contributed by atoms with van der Waals surface area (Å²) in [5.74, 6) is 0.641. The van der Waals surface area contributed by atoms with Gasteiger partial charge in [0.25, 0.3) is 5.91 Å². The molecule has 152 valence electrons. The van der Waals surface area contributed by atoms with Gasteiger partial charge in [-0.3, -0.25) is 9.59 Å². The summed E-state index contributed by atoms with van der Waals surface area (Å²) in [5, 5.41) is 5.35. The summed E-state index contributed by atoms with van der Waals surface area (Å²) >= 11 is 0. The summed E-state index contributed by atoms with van der Waals surface area (Å²) < 4.78 is 10.2. The first kappa shape index (κ1) is 20.2. The molecule has 0 saturated carbocycles. The molecule has 0 bridgehead atoms. The third-order valence-corrected chi connectivity index (χ3v) is 4.63. The maximum absolute atomic E-state index is 12.6. The van der Waals surface area contributed by atoms with Crippen LogP contribution in [0.2, 0.25) is 0 Å². The predicted octanol–water partition coefficient (Wildman–Crippen LogP) is 1.88. The van der Waals surface area contributed by atoms with E-state index in [1.54, 1.807) is 31.4 Å². The van der Waals surface area contributed by atoms with Crippen molar-refractivity contribution in [3.8, 4) is 11.5 Å². The molecule has 1 unspecified atom stereocenters. The van der Waals surface area contributed by atoms with Crippen molar-refractivity contribution in [2.24, 2.45) is 0 Å². The average molecular weight is 397 g/mol. The van der Waals surface area contributed by atoms with E-state index in [9.17, 15) is 14.4 Å². The fourth-order valence-electron chi connectivity index (χ4n) is 3.04. The summed E-state index contributed by atoms with van der Waals surface area (Å²) in [6.45, 7) is 0.433. The number of imide groups is 1. The molecular weight excluding hydrogens is 374 g/mol. The van der Waals surface area contributed by atoms with Crippen LogP contribution < -0.4 is 25.0 Å². The summed E-state index contributed by atoms with van der Waals surface area (Å²) in [6.07, 6.45) is 0.540. The molecule has 0 spiro atoms. The second-order valence-electron chi connectivity index (χ2n) is 6.53. The largest absolute Gasteiger partial charge is 0.497 e. The fraction of sp³-hybridized carbons (Fsp3) is 0.286. The van der Waals surface area contributed by atoms with E-state index in [1.165, 1.54) is 7.11 Å². The Morgan fingerprint density at radius 1 is 1.00 bits per heavy atom. The monoisotopic (exact) mass is 397 g/mol. The molecule has 0 aliphatic carbocycles. The lowest BCUT2D eigenvalue weighted by atomic mass is 10.1. The molecule has 3 rings (SSSR count). The number of benzene rings is 2. The van der Waals surface area contributed by atoms with E-state index < -0.39 is 18.0 Å². The van der Waals surface area contributed by atoms with Crippen molar-refractivity contribution in [3.05, 3.63) is 54.1 Å². The third-order valence-electron chi connectivity index (χ3n) is 4.63. The normalized spacial score (nSPS) is 15.8. The van der Waals surface area contributed by atoms with Gasteiger partial charge in [0.15, 0.2) is 0 Å². The van der Waals surface area contributed by atoms with Gasteiger partial charge in [-0.2, -0.15) is 0 Å². The molecule has 2 aromatic rings. The van der Waals surface area contributed by atoms with E-state index in [1.807, 2.05) is 24.3 Å². The highest BCUT2D eigenvalue weighted by Gasteiger charge is 2.39. The van der Waals surface area contributed by atoms with Crippen LogP contribution in [0, 0.1) is 0 Å². The number of nitrogens with zero attached hydrogens (tertiary/aromatic N) is 1. The van der Waals surface area contributed by atoms with E-state index in [0.29, 0.717) is 24.4 Å². The van der Waals surface area contributed by atoms with Crippen LogP contribution in [0.4, 0.5) is 10.5 Å². The SMILES string of the molecule is COc1ccc(CCNC(=O)CC2NC(=O)N(c3ccc(OC)cc3)C2=O)cc1. The fourth-order valence-corrected chi connectivity index (χ4v) is 3.04. The van der Waals surface area contributed by atoms with Gasteiger partial charge < -0.3 is 20.1 Å². The van der Waals surface area contributed by atoms with Gasteiger partial charge in [-0.1, -0.05) is 12.1 Å². The van der Waals surface area contributed by atoms with Gasteiger partial charge in [-0.15, -0.1) is 0 Å². The zero-order chi connectivity index (χ0) is 20.8. The lowest BCUT2D eigenvalue weighted by Gasteiger charge is -2.13. The highest BCUT2D eigenvalue weighted by atomic mass is 16.5. The zero-order valence-corrected chi connectivity index (χ0v) is 16.3. The van der Waals surface area contributed by atoms with Gasteiger partial charge in [0.05, 0.1) is 26.3 Å². The predicted molar refractivity (Wildman–Crippen MR) is 107 cm³/mol. The molecule has 0 aromatic heterocycles. The number of nitrogens with one attached hydrogen (secondary N) is 2. The number of rotatable bonds is 8. The number of carbonyl (C=O) groups is 3. The third kappa shape index (κ3) is 4.84. The number of carbonyl (C=O) groups excluding carboxylic acids is 3. The molecule has 1 aliphatic rings. The molecule has 2 N–H and O–H groups in total. The Kier molecular flexibility index (Phi) is 6.33. The van der Waals surface area contributed by atoms with Gasteiger partial charge in [-0.25, -0.2) is 9.69 Å². The molecule has 1 atom stereocenters. The first-order valence-electron chi connectivity index (χ1n) is 9.20. The molecule has 1 saturated heterocycles. The van der Waals surface area contributed by atoms with E-state index in [0.717, 1.165) is 16.2 Å². The molecule has 4 amide bonds. The molecule has 1 heterocycles. The van der Waals surface area contributed by atoms with Gasteiger partial charge in [0.2, 0.25) is 5.91 Å². The van der Waals surface area contributed by atoms with Gasteiger partial charge in [0.1, 0.15) is 17.5 Å². The van der Waals surface area contributed by atoms with E-state index in [4.69, 9.17) is 9.47 Å². The first-order valence-corrected chi connectivity index (χ1v) is 9.20. The molecule has 1 aliphatic heterocycles. The second-order valence-corrected chi connectivity index (χ2v) is 6.53. The summed E-state index contributed by atoms with van der Waals surface area (Å²) in [7, 11) is 3.14. The molecule has 8 nitrogen and oxygen atoms in total. The van der Waals surface area contributed by atoms with Crippen LogP contribution in [0.25, 0.3) is 0 Å². The van der Waals surface area contributed by atoms with Crippen molar-refractivity contribution in [1.29, 1.82) is 0 Å². The lowest BCUT2D eigenvalue weighted by molar-refractivity contribution is -0.125. The van der Waals surface area contributed by atoms with Gasteiger partial charge in [0, 0.05) is 6.54 Å². The number of amides is 4. The van der Waals surface area contributed by atoms with Crippen molar-refractivity contribution < 1.29 is 23.9 Å². The van der Waals surface area contributed by atoms with E-state index in [-0.39, 0.29) is 12.3 Å². The number of anilines is 1. The summed E-state index contributed by atoms with van der Waals surface area (Å²) in [6, 6.07) is 12.7. The number of methoxy groups -OCH3 is 2. The Morgan fingerprint density at radius 2 is 1.59 bits per heavy atom. The minimum absolute atomic E-state index is 0.111. The van der Waals surface area contributed by atoms with Crippen LogP contribution >= 0.6 is 0 Å². The minimum Gasteiger partial charge on any atom is -0.497 e. The van der Waals surface area contributed by atoms with Crippen LogP contribution in [-0.2, 0) is 16.0 Å². The highest BCUT2D eigenvalue weighted by molar-refractivity contribution is 6.22. The van der Waals surface area contributed by atoms with Crippen molar-refractivity contribution in [1.82, 2.24) is 10.6 Å². The zero-order valence-electron chi connectivity index (χ0n) is 16.3. The smallest absolute Gasteiger partial charge is 0.329 e. The molecule has 1 fully saturated rings. The summed E-state index contributed by atoms with van der Waals surface area (Å²) in [5.41, 5.74) is 1.48. The van der Waals surface area contributed by atoms with Crippen LogP contribution in [0.3, 0.4) is 0 Å². The van der Waals surface area contributed by atoms with Crippen molar-refractivity contribution in [2.75, 3.05) is 25.7 Å². The number of urea groups is 1. The summed E-state index contributed by atoms with van der Waals surface area (Å²) in [4.78, 5) is 38.0. The van der Waals surface area contributed by atoms with Crippen molar-refractivity contribution in [2.45, 2.75) is 18.9 Å². The Morgan fingerprint density at radius 3 is 2.17 bits per heavy atom. The van der Waals surface area contributed by atoms with Crippen molar-refractivity contribution in [3.63, 3.8) is 0 Å². The minimum atomic E-state index is -0.884. The van der Waals surface area contributed by atoms with Gasteiger partial charge >= 0.3 is 6.03 Å².